The van der Waals surface area contributed by atoms with E-state index in [-0.39, 0.29) is 23.0 Å². The van der Waals surface area contributed by atoms with Crippen LogP contribution in [0.2, 0.25) is 0 Å². The van der Waals surface area contributed by atoms with Crippen molar-refractivity contribution in [2.45, 2.75) is 88.8 Å². The van der Waals surface area contributed by atoms with Crippen molar-refractivity contribution in [1.29, 1.82) is 0 Å². The van der Waals surface area contributed by atoms with E-state index in [1.807, 2.05) is 13.8 Å². The van der Waals surface area contributed by atoms with Gasteiger partial charge in [0.25, 0.3) is 0 Å². The molecule has 1 aliphatic carbocycles. The zero-order valence-corrected chi connectivity index (χ0v) is 26.1. The Morgan fingerprint density at radius 3 is 2.38 bits per heavy atom. The molecule has 0 aliphatic heterocycles. The van der Waals surface area contributed by atoms with Crippen molar-refractivity contribution in [2.24, 2.45) is 0 Å². The maximum Gasteiger partial charge on any atom is 0.407 e. The highest BCUT2D eigenvalue weighted by molar-refractivity contribution is 7.89. The van der Waals surface area contributed by atoms with Crippen LogP contribution in [0.4, 0.5) is 21.0 Å². The number of nitrogens with one attached hydrogen (secondary N) is 4. The lowest BCUT2D eigenvalue weighted by Crippen LogP contribution is -2.40. The highest BCUT2D eigenvalue weighted by atomic mass is 32.2. The molecule has 0 radical (unpaired) electrons. The monoisotopic (exact) mass is 614 g/mol. The van der Waals surface area contributed by atoms with E-state index in [0.29, 0.717) is 21.8 Å². The van der Waals surface area contributed by atoms with Crippen molar-refractivity contribution in [3.63, 3.8) is 0 Å². The minimum absolute atomic E-state index is 0.0448. The molecule has 0 spiro atoms. The number of amides is 3. The molecule has 4 N–H and O–H groups in total. The molecule has 1 aliphatic rings. The first-order chi connectivity index (χ1) is 19.8. The average molecular weight is 615 g/mol. The summed E-state index contributed by atoms with van der Waals surface area (Å²) >= 11 is 1.46. The van der Waals surface area contributed by atoms with Crippen molar-refractivity contribution in [3.8, 4) is 10.4 Å². The molecular formula is C29H38N6O5S2. The number of aromatic nitrogens is 2. The van der Waals surface area contributed by atoms with Gasteiger partial charge in [-0.3, -0.25) is 4.98 Å². The standard InChI is InChI=1S/C29H38N6O5S2/c1-18(2)40-28(37)34-20-10-8-19(9-11-20)26-31-17-24(41-26)23-13-12-21(15-25(23)42(38,39)35-29(3,4)5)32-27(36)33-22-7-6-14-30-16-22/h6-7,12-20,35H,8-11H2,1-5H3,(H,34,37)(H2,32,33,36). The SMILES string of the molecule is CC(C)OC(=O)NC1CCC(c2ncc(-c3ccc(NC(=O)Nc4cccnc4)cc3S(=O)(=O)NC(C)(C)C)s2)CC1. The Labute approximate surface area is 250 Å². The van der Waals surface area contributed by atoms with E-state index >= 15 is 0 Å². The highest BCUT2D eigenvalue weighted by Gasteiger charge is 2.29. The van der Waals surface area contributed by atoms with Crippen LogP contribution in [-0.4, -0.2) is 48.2 Å². The zero-order valence-electron chi connectivity index (χ0n) is 24.4. The molecule has 2 heterocycles. The summed E-state index contributed by atoms with van der Waals surface area (Å²) in [4.78, 5) is 33.9. The quantitative estimate of drug-likeness (QED) is 0.240. The third kappa shape index (κ3) is 8.73. The fourth-order valence-electron chi connectivity index (χ4n) is 4.71. The Morgan fingerprint density at radius 2 is 1.74 bits per heavy atom. The first-order valence-corrected chi connectivity index (χ1v) is 16.2. The van der Waals surface area contributed by atoms with Crippen molar-refractivity contribution in [1.82, 2.24) is 20.0 Å². The molecule has 13 heteroatoms. The molecule has 42 heavy (non-hydrogen) atoms. The Bertz CT molecular complexity index is 1490. The Balaban J connectivity index is 1.53. The molecule has 226 valence electrons. The lowest BCUT2D eigenvalue weighted by Gasteiger charge is -2.28. The predicted molar refractivity (Wildman–Crippen MR) is 164 cm³/mol. The second-order valence-corrected chi connectivity index (χ2v) is 14.3. The summed E-state index contributed by atoms with van der Waals surface area (Å²) in [6, 6.07) is 7.75. The number of carbonyl (C=O) groups excluding carboxylic acids is 2. The van der Waals surface area contributed by atoms with E-state index in [1.165, 1.54) is 23.6 Å². The topological polar surface area (TPSA) is 151 Å². The number of anilines is 2. The molecule has 0 bridgehead atoms. The number of sulfonamides is 1. The lowest BCUT2D eigenvalue weighted by atomic mass is 9.86. The molecule has 3 amide bonds. The molecule has 0 saturated heterocycles. The summed E-state index contributed by atoms with van der Waals surface area (Å²) < 4.78 is 35.0. The number of hydrogen-bond acceptors (Lipinski definition) is 8. The third-order valence-electron chi connectivity index (χ3n) is 6.42. The minimum Gasteiger partial charge on any atom is -0.447 e. The zero-order chi connectivity index (χ0) is 30.5. The molecule has 3 aromatic rings. The summed E-state index contributed by atoms with van der Waals surface area (Å²) in [7, 11) is -3.96. The Kier molecular flexibility index (Phi) is 9.85. The number of carbonyl (C=O) groups is 2. The number of urea groups is 1. The molecule has 11 nitrogen and oxygen atoms in total. The van der Waals surface area contributed by atoms with Crippen LogP contribution in [0.5, 0.6) is 0 Å². The van der Waals surface area contributed by atoms with Gasteiger partial charge >= 0.3 is 12.1 Å². The van der Waals surface area contributed by atoms with Gasteiger partial charge in [0, 0.05) is 41.1 Å². The van der Waals surface area contributed by atoms with Crippen molar-refractivity contribution in [2.75, 3.05) is 10.6 Å². The molecule has 1 fully saturated rings. The van der Waals surface area contributed by atoms with Gasteiger partial charge in [0.05, 0.1) is 32.8 Å². The van der Waals surface area contributed by atoms with Gasteiger partial charge in [-0.25, -0.2) is 27.7 Å². The van der Waals surface area contributed by atoms with Gasteiger partial charge in [0.15, 0.2) is 0 Å². The Morgan fingerprint density at radius 1 is 1.02 bits per heavy atom. The largest absolute Gasteiger partial charge is 0.447 e. The Hall–Kier alpha value is -3.55. The van der Waals surface area contributed by atoms with E-state index < -0.39 is 27.7 Å². The van der Waals surface area contributed by atoms with Crippen LogP contribution in [-0.2, 0) is 14.8 Å². The predicted octanol–water partition coefficient (Wildman–Crippen LogP) is 6.09. The van der Waals surface area contributed by atoms with Gasteiger partial charge in [0.1, 0.15) is 0 Å². The maximum atomic E-state index is 13.6. The molecule has 4 rings (SSSR count). The summed E-state index contributed by atoms with van der Waals surface area (Å²) in [5.74, 6) is 0.216. The van der Waals surface area contributed by atoms with Gasteiger partial charge in [-0.15, -0.1) is 11.3 Å². The molecule has 1 saturated carbocycles. The van der Waals surface area contributed by atoms with E-state index in [1.54, 1.807) is 57.4 Å². The third-order valence-corrected chi connectivity index (χ3v) is 9.41. The average Bonchev–Trinajstić information content (AvgIpc) is 3.38. The lowest BCUT2D eigenvalue weighted by molar-refractivity contribution is 0.109. The van der Waals surface area contributed by atoms with Gasteiger partial charge in [-0.2, -0.15) is 0 Å². The van der Waals surface area contributed by atoms with Crippen molar-refractivity contribution >= 4 is 44.9 Å². The number of nitrogens with zero attached hydrogens (tertiary/aromatic N) is 2. The number of alkyl carbamates (subject to hydrolysis) is 1. The van der Waals surface area contributed by atoms with Crippen molar-refractivity contribution < 1.29 is 22.7 Å². The summed E-state index contributed by atoms with van der Waals surface area (Å²) in [6.45, 7) is 8.94. The smallest absolute Gasteiger partial charge is 0.407 e. The fourth-order valence-corrected chi connectivity index (χ4v) is 7.57. The van der Waals surface area contributed by atoms with Crippen LogP contribution in [0.15, 0.2) is 53.8 Å². The van der Waals surface area contributed by atoms with Crippen LogP contribution in [0.3, 0.4) is 0 Å². The first kappa shape index (κ1) is 31.4. The van der Waals surface area contributed by atoms with Crippen LogP contribution >= 0.6 is 11.3 Å². The number of rotatable bonds is 8. The van der Waals surface area contributed by atoms with Gasteiger partial charge < -0.3 is 20.7 Å². The number of thiazole rings is 1. The molecular weight excluding hydrogens is 576 g/mol. The van der Waals surface area contributed by atoms with Crippen LogP contribution in [0, 0.1) is 0 Å². The summed E-state index contributed by atoms with van der Waals surface area (Å²) in [6.07, 6.45) is 7.57. The second kappa shape index (κ2) is 13.2. The van der Waals surface area contributed by atoms with E-state index in [0.717, 1.165) is 30.7 Å². The molecule has 1 aromatic carbocycles. The summed E-state index contributed by atoms with van der Waals surface area (Å²) in [5, 5.41) is 9.25. The molecule has 0 unspecified atom stereocenters. The van der Waals surface area contributed by atoms with Crippen LogP contribution < -0.4 is 20.7 Å². The van der Waals surface area contributed by atoms with Crippen LogP contribution in [0.25, 0.3) is 10.4 Å². The minimum atomic E-state index is -3.96. The first-order valence-electron chi connectivity index (χ1n) is 13.9. The van der Waals surface area contributed by atoms with Crippen LogP contribution in [0.1, 0.15) is 71.2 Å². The van der Waals surface area contributed by atoms with Gasteiger partial charge in [0.2, 0.25) is 10.0 Å². The molecule has 2 aromatic heterocycles. The van der Waals surface area contributed by atoms with E-state index in [2.05, 4.69) is 30.6 Å². The number of hydrogen-bond donors (Lipinski definition) is 4. The normalized spacial score (nSPS) is 17.5. The number of benzene rings is 1. The van der Waals surface area contributed by atoms with E-state index in [9.17, 15) is 18.0 Å². The summed E-state index contributed by atoms with van der Waals surface area (Å²) in [5.41, 5.74) is 0.609. The van der Waals surface area contributed by atoms with Gasteiger partial charge in [-0.1, -0.05) is 6.07 Å². The van der Waals surface area contributed by atoms with Gasteiger partial charge in [-0.05, 0) is 84.6 Å². The maximum absolute atomic E-state index is 13.6. The highest BCUT2D eigenvalue weighted by Crippen LogP contribution is 2.40. The molecule has 0 atom stereocenters. The second-order valence-electron chi connectivity index (χ2n) is 11.6. The van der Waals surface area contributed by atoms with E-state index in [4.69, 9.17) is 4.74 Å². The van der Waals surface area contributed by atoms with Crippen molar-refractivity contribution in [3.05, 3.63) is 53.9 Å². The number of pyridine rings is 1. The fraction of sp³-hybridized carbons (Fsp3) is 0.448. The number of ether oxygens (including phenoxy) is 1.